The first kappa shape index (κ1) is 20.3. The van der Waals surface area contributed by atoms with Crippen LogP contribution in [0.25, 0.3) is 0 Å². The second kappa shape index (κ2) is 13.0. The van der Waals surface area contributed by atoms with Gasteiger partial charge in [-0.1, -0.05) is 58.8 Å². The highest BCUT2D eigenvalue weighted by Crippen LogP contribution is 2.11. The minimum absolute atomic E-state index is 0.0361. The topological polar surface area (TPSA) is 64.6 Å². The van der Waals surface area contributed by atoms with Crippen LogP contribution in [0.3, 0.4) is 0 Å². The number of hydrogen-bond acceptors (Lipinski definition) is 4. The highest BCUT2D eigenvalue weighted by Gasteiger charge is 2.27. The maximum atomic E-state index is 12.1. The molecule has 1 amide bonds. The number of carbonyl (C=O) groups excluding carboxylic acids is 2. The van der Waals surface area contributed by atoms with Crippen LogP contribution < -0.4 is 5.32 Å². The summed E-state index contributed by atoms with van der Waals surface area (Å²) in [5.41, 5.74) is 0. The van der Waals surface area contributed by atoms with Crippen LogP contribution in [0, 0.1) is 18.3 Å². The van der Waals surface area contributed by atoms with E-state index in [1.54, 1.807) is 0 Å². The zero-order valence-electron chi connectivity index (χ0n) is 14.0. The fourth-order valence-corrected chi connectivity index (χ4v) is 1.91. The number of alkyl carbamates (subject to hydrolysis) is 1. The van der Waals surface area contributed by atoms with Crippen LogP contribution in [0.2, 0.25) is 0 Å². The number of carbonyl (C=O) groups is 2. The number of esters is 1. The monoisotopic (exact) mass is 311 g/mol. The van der Waals surface area contributed by atoms with Gasteiger partial charge < -0.3 is 14.8 Å². The quantitative estimate of drug-likeness (QED) is 0.361. The third-order valence-electron chi connectivity index (χ3n) is 3.52. The predicted molar refractivity (Wildman–Crippen MR) is 86.3 cm³/mol. The normalized spacial score (nSPS) is 12.8. The number of rotatable bonds is 11. The van der Waals surface area contributed by atoms with E-state index in [9.17, 15) is 9.59 Å². The summed E-state index contributed by atoms with van der Waals surface area (Å²) in [5.74, 6) is 1.75. The number of ether oxygens (including phenoxy) is 2. The maximum absolute atomic E-state index is 12.1. The van der Waals surface area contributed by atoms with Crippen LogP contribution in [0.5, 0.6) is 0 Å². The van der Waals surface area contributed by atoms with Crippen molar-refractivity contribution in [2.24, 2.45) is 5.92 Å². The second-order valence-electron chi connectivity index (χ2n) is 5.37. The Kier molecular flexibility index (Phi) is 12.0. The molecule has 0 fully saturated rings. The van der Waals surface area contributed by atoms with Gasteiger partial charge in [0, 0.05) is 0 Å². The standard InChI is InChI=1S/C17H29NO4/c1-5-8-9-10-11-13-21-16(19)15(14(4)7-3)18-17(20)22-12-6-2/h2,14-15H,5,7-13H2,1,3-4H3,(H,18,20). The van der Waals surface area contributed by atoms with E-state index in [0.29, 0.717) is 6.61 Å². The molecule has 0 aliphatic heterocycles. The number of nitrogens with one attached hydrogen (secondary N) is 1. The molecule has 2 unspecified atom stereocenters. The van der Waals surface area contributed by atoms with E-state index in [0.717, 1.165) is 25.7 Å². The number of terminal acetylenes is 1. The number of amides is 1. The first-order valence-electron chi connectivity index (χ1n) is 8.10. The lowest BCUT2D eigenvalue weighted by atomic mass is 9.99. The molecule has 0 saturated carbocycles. The van der Waals surface area contributed by atoms with Crippen molar-refractivity contribution >= 4 is 12.1 Å². The summed E-state index contributed by atoms with van der Waals surface area (Å²) in [5, 5.41) is 2.53. The molecule has 0 aliphatic rings. The van der Waals surface area contributed by atoms with E-state index in [1.165, 1.54) is 12.8 Å². The second-order valence-corrected chi connectivity index (χ2v) is 5.37. The smallest absolute Gasteiger partial charge is 0.408 e. The van der Waals surface area contributed by atoms with Crippen LogP contribution in [0.15, 0.2) is 0 Å². The third-order valence-corrected chi connectivity index (χ3v) is 3.52. The summed E-state index contributed by atoms with van der Waals surface area (Å²) in [6, 6.07) is -0.703. The van der Waals surface area contributed by atoms with E-state index in [4.69, 9.17) is 15.9 Å². The minimum atomic E-state index is -0.703. The lowest BCUT2D eigenvalue weighted by Gasteiger charge is -2.22. The van der Waals surface area contributed by atoms with Gasteiger partial charge in [0.25, 0.3) is 0 Å². The van der Waals surface area contributed by atoms with Crippen molar-refractivity contribution in [3.05, 3.63) is 0 Å². The Morgan fingerprint density at radius 3 is 2.41 bits per heavy atom. The highest BCUT2D eigenvalue weighted by molar-refractivity contribution is 5.81. The third kappa shape index (κ3) is 9.28. The average molecular weight is 311 g/mol. The maximum Gasteiger partial charge on any atom is 0.408 e. The van der Waals surface area contributed by atoms with Gasteiger partial charge >= 0.3 is 12.1 Å². The van der Waals surface area contributed by atoms with E-state index < -0.39 is 18.1 Å². The van der Waals surface area contributed by atoms with E-state index in [1.807, 2.05) is 13.8 Å². The molecule has 0 rings (SSSR count). The summed E-state index contributed by atoms with van der Waals surface area (Å²) in [4.78, 5) is 23.7. The first-order valence-corrected chi connectivity index (χ1v) is 8.10. The Morgan fingerprint density at radius 2 is 1.82 bits per heavy atom. The van der Waals surface area contributed by atoms with Crippen molar-refractivity contribution in [1.29, 1.82) is 0 Å². The van der Waals surface area contributed by atoms with Crippen molar-refractivity contribution in [3.63, 3.8) is 0 Å². The molecule has 0 aliphatic carbocycles. The van der Waals surface area contributed by atoms with Crippen molar-refractivity contribution in [2.75, 3.05) is 13.2 Å². The molecule has 0 bridgehead atoms. The van der Waals surface area contributed by atoms with Crippen molar-refractivity contribution in [1.82, 2.24) is 5.32 Å². The fourth-order valence-electron chi connectivity index (χ4n) is 1.91. The van der Waals surface area contributed by atoms with Crippen molar-refractivity contribution < 1.29 is 19.1 Å². The summed E-state index contributed by atoms with van der Waals surface area (Å²) < 4.78 is 10.0. The zero-order valence-corrected chi connectivity index (χ0v) is 14.0. The van der Waals surface area contributed by atoms with Gasteiger partial charge in [-0.25, -0.2) is 9.59 Å². The molecule has 0 aromatic carbocycles. The molecule has 22 heavy (non-hydrogen) atoms. The van der Waals surface area contributed by atoms with Gasteiger partial charge in [0.1, 0.15) is 6.04 Å². The van der Waals surface area contributed by atoms with Crippen LogP contribution in [-0.2, 0) is 14.3 Å². The van der Waals surface area contributed by atoms with Gasteiger partial charge in [-0.15, -0.1) is 6.42 Å². The number of hydrogen-bond donors (Lipinski definition) is 1. The Labute approximate surface area is 134 Å². The Bertz CT molecular complexity index is 362. The van der Waals surface area contributed by atoms with Gasteiger partial charge in [0.15, 0.2) is 6.61 Å². The lowest BCUT2D eigenvalue weighted by molar-refractivity contribution is -0.147. The van der Waals surface area contributed by atoms with E-state index in [2.05, 4.69) is 18.2 Å². The number of unbranched alkanes of at least 4 members (excludes halogenated alkanes) is 4. The molecule has 0 aromatic heterocycles. The Balaban J connectivity index is 4.23. The van der Waals surface area contributed by atoms with Gasteiger partial charge in [0.2, 0.25) is 0 Å². The fraction of sp³-hybridized carbons (Fsp3) is 0.765. The summed E-state index contributed by atoms with van der Waals surface area (Å²) >= 11 is 0. The average Bonchev–Trinajstić information content (AvgIpc) is 2.52. The van der Waals surface area contributed by atoms with Crippen LogP contribution in [0.1, 0.15) is 59.3 Å². The molecule has 0 spiro atoms. The molecule has 0 saturated heterocycles. The molecule has 2 atom stereocenters. The van der Waals surface area contributed by atoms with Crippen molar-refractivity contribution in [3.8, 4) is 12.3 Å². The van der Waals surface area contributed by atoms with Crippen molar-refractivity contribution in [2.45, 2.75) is 65.3 Å². The molecule has 5 heteroatoms. The van der Waals surface area contributed by atoms with Crippen LogP contribution in [-0.4, -0.2) is 31.3 Å². The van der Waals surface area contributed by atoms with Gasteiger partial charge in [-0.05, 0) is 12.3 Å². The molecule has 5 nitrogen and oxygen atoms in total. The predicted octanol–water partition coefficient (Wildman–Crippen LogP) is 3.27. The largest absolute Gasteiger partial charge is 0.464 e. The van der Waals surface area contributed by atoms with Gasteiger partial charge in [-0.2, -0.15) is 0 Å². The molecule has 126 valence electrons. The molecular formula is C17H29NO4. The summed E-state index contributed by atoms with van der Waals surface area (Å²) in [6.45, 7) is 6.25. The van der Waals surface area contributed by atoms with E-state index >= 15 is 0 Å². The zero-order chi connectivity index (χ0) is 16.8. The summed E-state index contributed by atoms with van der Waals surface area (Å²) in [6.07, 6.45) is 10.5. The van der Waals surface area contributed by atoms with E-state index in [-0.39, 0.29) is 12.5 Å². The molecule has 0 aromatic rings. The molecule has 0 radical (unpaired) electrons. The lowest BCUT2D eigenvalue weighted by Crippen LogP contribution is -2.46. The SMILES string of the molecule is C#CCOC(=O)NC(C(=O)OCCCCCCC)C(C)CC. The van der Waals surface area contributed by atoms with Gasteiger partial charge in [0.05, 0.1) is 6.61 Å². The minimum Gasteiger partial charge on any atom is -0.464 e. The van der Waals surface area contributed by atoms with Crippen LogP contribution >= 0.6 is 0 Å². The molecule has 1 N–H and O–H groups in total. The van der Waals surface area contributed by atoms with Gasteiger partial charge in [-0.3, -0.25) is 0 Å². The summed E-state index contributed by atoms with van der Waals surface area (Å²) in [7, 11) is 0. The first-order chi connectivity index (χ1) is 10.6. The Morgan fingerprint density at radius 1 is 1.14 bits per heavy atom. The highest BCUT2D eigenvalue weighted by atomic mass is 16.6. The van der Waals surface area contributed by atoms with Crippen LogP contribution in [0.4, 0.5) is 4.79 Å². The Hall–Kier alpha value is -1.70. The molecular weight excluding hydrogens is 282 g/mol. The molecule has 0 heterocycles.